The van der Waals surface area contributed by atoms with Crippen molar-refractivity contribution >= 4 is 17.5 Å². The number of epoxide rings is 1. The largest absolute Gasteiger partial charge is 0.365 e. The number of H-pyrrole nitrogens is 1. The molecule has 3 heterocycles. The molecule has 1 aliphatic rings. The van der Waals surface area contributed by atoms with Crippen LogP contribution in [0.2, 0.25) is 0 Å². The third-order valence-corrected chi connectivity index (χ3v) is 4.71. The fourth-order valence-electron chi connectivity index (χ4n) is 2.43. The highest BCUT2D eigenvalue weighted by Crippen LogP contribution is 2.32. The SMILES string of the molecule is O=C(CSc1nc(-c2ccc(F)cc2)c(-c2ccncc2)[nH]1)C1CO1. The highest BCUT2D eigenvalue weighted by molar-refractivity contribution is 7.99. The fourth-order valence-corrected chi connectivity index (χ4v) is 3.23. The Morgan fingerprint density at radius 3 is 2.60 bits per heavy atom. The van der Waals surface area contributed by atoms with E-state index in [4.69, 9.17) is 4.74 Å². The van der Waals surface area contributed by atoms with Crippen LogP contribution in [0.25, 0.3) is 22.5 Å². The van der Waals surface area contributed by atoms with E-state index in [9.17, 15) is 9.18 Å². The highest BCUT2D eigenvalue weighted by Gasteiger charge is 2.31. The van der Waals surface area contributed by atoms with Crippen molar-refractivity contribution in [2.75, 3.05) is 12.4 Å². The molecule has 0 spiro atoms. The van der Waals surface area contributed by atoms with E-state index in [0.717, 1.165) is 16.8 Å². The van der Waals surface area contributed by atoms with Crippen LogP contribution < -0.4 is 0 Å². The minimum absolute atomic E-state index is 0.0650. The molecule has 0 amide bonds. The average molecular weight is 355 g/mol. The number of ketones is 1. The molecule has 4 rings (SSSR count). The maximum Gasteiger partial charge on any atom is 0.174 e. The van der Waals surface area contributed by atoms with Crippen LogP contribution in [0.1, 0.15) is 0 Å². The van der Waals surface area contributed by atoms with Crippen molar-refractivity contribution in [1.29, 1.82) is 0 Å². The van der Waals surface area contributed by atoms with Gasteiger partial charge in [0.1, 0.15) is 11.9 Å². The Labute approximate surface area is 147 Å². The molecule has 2 aromatic heterocycles. The monoisotopic (exact) mass is 355 g/mol. The molecule has 0 aliphatic carbocycles. The molecule has 25 heavy (non-hydrogen) atoms. The predicted molar refractivity (Wildman–Crippen MR) is 92.7 cm³/mol. The van der Waals surface area contributed by atoms with Gasteiger partial charge in [0.2, 0.25) is 0 Å². The minimum atomic E-state index is -0.297. The van der Waals surface area contributed by atoms with Crippen molar-refractivity contribution in [2.24, 2.45) is 0 Å². The number of nitrogens with zero attached hydrogens (tertiary/aromatic N) is 2. The standard InChI is InChI=1S/C18H14FN3O2S/c19-13-3-1-11(2-4-13)16-17(12-5-7-20-8-6-12)22-18(21-16)25-10-14(23)15-9-24-15/h1-8,15H,9-10H2,(H,21,22). The molecule has 1 aliphatic heterocycles. The molecule has 1 atom stereocenters. The van der Waals surface area contributed by atoms with E-state index in [1.807, 2.05) is 12.1 Å². The zero-order valence-electron chi connectivity index (χ0n) is 13.1. The molecule has 1 N–H and O–H groups in total. The zero-order valence-corrected chi connectivity index (χ0v) is 13.9. The van der Waals surface area contributed by atoms with Crippen molar-refractivity contribution in [3.8, 4) is 22.5 Å². The summed E-state index contributed by atoms with van der Waals surface area (Å²) in [6.45, 7) is 0.515. The number of ether oxygens (including phenoxy) is 1. The Balaban J connectivity index is 1.67. The number of aromatic amines is 1. The van der Waals surface area contributed by atoms with E-state index >= 15 is 0 Å². The molecule has 0 radical (unpaired) electrons. The van der Waals surface area contributed by atoms with Crippen LogP contribution in [0.3, 0.4) is 0 Å². The molecule has 0 bridgehead atoms. The molecule has 1 fully saturated rings. The van der Waals surface area contributed by atoms with Crippen LogP contribution in [0.4, 0.5) is 4.39 Å². The smallest absolute Gasteiger partial charge is 0.174 e. The van der Waals surface area contributed by atoms with Gasteiger partial charge < -0.3 is 9.72 Å². The summed E-state index contributed by atoms with van der Waals surface area (Å²) >= 11 is 1.34. The number of halogens is 1. The number of thioether (sulfide) groups is 1. The number of pyridine rings is 1. The third kappa shape index (κ3) is 3.62. The maximum atomic E-state index is 13.2. The van der Waals surface area contributed by atoms with Crippen LogP contribution in [0.15, 0.2) is 53.9 Å². The Morgan fingerprint density at radius 2 is 1.92 bits per heavy atom. The van der Waals surface area contributed by atoms with E-state index < -0.39 is 0 Å². The lowest BCUT2D eigenvalue weighted by Crippen LogP contribution is -2.09. The molecule has 7 heteroatoms. The summed E-state index contributed by atoms with van der Waals surface area (Å²) in [5, 5.41) is 0.639. The second-order valence-corrected chi connectivity index (χ2v) is 6.55. The number of Topliss-reactive ketones (excluding diaryl/α,β-unsaturated/α-hetero) is 1. The van der Waals surface area contributed by atoms with Gasteiger partial charge in [-0.3, -0.25) is 9.78 Å². The van der Waals surface area contributed by atoms with Gasteiger partial charge in [0.05, 0.1) is 23.7 Å². The second kappa shape index (κ2) is 6.78. The number of nitrogens with one attached hydrogen (secondary N) is 1. The third-order valence-electron chi connectivity index (χ3n) is 3.81. The molecule has 1 aromatic carbocycles. The van der Waals surface area contributed by atoms with Gasteiger partial charge in [-0.1, -0.05) is 11.8 Å². The Hall–Kier alpha value is -2.51. The normalized spacial score (nSPS) is 16.0. The van der Waals surface area contributed by atoms with Gasteiger partial charge in [-0.25, -0.2) is 9.37 Å². The summed E-state index contributed by atoms with van der Waals surface area (Å²) in [4.78, 5) is 23.7. The maximum absolute atomic E-state index is 13.2. The van der Waals surface area contributed by atoms with E-state index in [1.54, 1.807) is 24.5 Å². The van der Waals surface area contributed by atoms with Crippen molar-refractivity contribution in [3.05, 3.63) is 54.6 Å². The summed E-state index contributed by atoms with van der Waals surface area (Å²) in [7, 11) is 0. The van der Waals surface area contributed by atoms with Crippen LogP contribution in [-0.4, -0.2) is 39.2 Å². The van der Waals surface area contributed by atoms with E-state index in [0.29, 0.717) is 23.2 Å². The van der Waals surface area contributed by atoms with E-state index in [1.165, 1.54) is 23.9 Å². The summed E-state index contributed by atoms with van der Waals surface area (Å²) in [5.41, 5.74) is 3.24. The molecule has 126 valence electrons. The quantitative estimate of drug-likeness (QED) is 0.542. The van der Waals surface area contributed by atoms with Gasteiger partial charge in [-0.2, -0.15) is 0 Å². The van der Waals surface area contributed by atoms with Crippen LogP contribution in [0, 0.1) is 5.82 Å². The summed E-state index contributed by atoms with van der Waals surface area (Å²) in [6, 6.07) is 9.93. The van der Waals surface area contributed by atoms with Gasteiger partial charge in [-0.15, -0.1) is 0 Å². The van der Waals surface area contributed by atoms with E-state index in [-0.39, 0.29) is 17.7 Å². The summed E-state index contributed by atoms with van der Waals surface area (Å²) in [6.07, 6.45) is 3.15. The first-order chi connectivity index (χ1) is 12.2. The van der Waals surface area contributed by atoms with Crippen LogP contribution in [-0.2, 0) is 9.53 Å². The number of aromatic nitrogens is 3. The summed E-state index contributed by atoms with van der Waals surface area (Å²) < 4.78 is 18.2. The number of benzene rings is 1. The topological polar surface area (TPSA) is 71.2 Å². The van der Waals surface area contributed by atoms with Crippen molar-refractivity contribution in [1.82, 2.24) is 15.0 Å². The second-order valence-electron chi connectivity index (χ2n) is 5.59. The average Bonchev–Trinajstić information content (AvgIpc) is 3.41. The Bertz CT molecular complexity index is 892. The lowest BCUT2D eigenvalue weighted by atomic mass is 10.1. The molecule has 3 aromatic rings. The van der Waals surface area contributed by atoms with E-state index in [2.05, 4.69) is 15.0 Å². The number of hydrogen-bond acceptors (Lipinski definition) is 5. The molecular weight excluding hydrogens is 341 g/mol. The lowest BCUT2D eigenvalue weighted by Gasteiger charge is -2.02. The van der Waals surface area contributed by atoms with Crippen molar-refractivity contribution in [3.63, 3.8) is 0 Å². The van der Waals surface area contributed by atoms with Crippen molar-refractivity contribution < 1.29 is 13.9 Å². The first-order valence-electron chi connectivity index (χ1n) is 7.74. The molecule has 1 saturated heterocycles. The predicted octanol–water partition coefficient (Wildman–Crippen LogP) is 3.34. The molecular formula is C18H14FN3O2S. The lowest BCUT2D eigenvalue weighted by molar-refractivity contribution is -0.117. The first kappa shape index (κ1) is 16.0. The van der Waals surface area contributed by atoms with Gasteiger partial charge in [-0.05, 0) is 36.4 Å². The van der Waals surface area contributed by atoms with Crippen LogP contribution >= 0.6 is 11.8 Å². The Kier molecular flexibility index (Phi) is 4.33. The number of carbonyl (C=O) groups excluding carboxylic acids is 1. The molecule has 5 nitrogen and oxygen atoms in total. The number of rotatable bonds is 6. The van der Waals surface area contributed by atoms with Crippen LogP contribution in [0.5, 0.6) is 0 Å². The van der Waals surface area contributed by atoms with Gasteiger partial charge in [0.15, 0.2) is 10.9 Å². The number of carbonyl (C=O) groups is 1. The number of hydrogen-bond donors (Lipinski definition) is 1. The minimum Gasteiger partial charge on any atom is -0.365 e. The van der Waals surface area contributed by atoms with Gasteiger partial charge >= 0.3 is 0 Å². The first-order valence-corrected chi connectivity index (χ1v) is 8.73. The van der Waals surface area contributed by atoms with Crippen molar-refractivity contribution in [2.45, 2.75) is 11.3 Å². The highest BCUT2D eigenvalue weighted by atomic mass is 32.2. The molecule has 1 unspecified atom stereocenters. The zero-order chi connectivity index (χ0) is 17.2. The van der Waals surface area contributed by atoms with Gasteiger partial charge in [0.25, 0.3) is 0 Å². The number of imidazole rings is 1. The van der Waals surface area contributed by atoms with Gasteiger partial charge in [0, 0.05) is 23.5 Å². The Morgan fingerprint density at radius 1 is 1.20 bits per heavy atom. The fraction of sp³-hybridized carbons (Fsp3) is 0.167. The molecule has 0 saturated carbocycles. The summed E-state index contributed by atoms with van der Waals surface area (Å²) in [5.74, 6) is 0.0705.